The molecule has 2 rings (SSSR count). The quantitative estimate of drug-likeness (QED) is 0.654. The molecule has 0 aliphatic carbocycles. The fourth-order valence-corrected chi connectivity index (χ4v) is 1.97. The highest BCUT2D eigenvalue weighted by molar-refractivity contribution is 9.10. The fraction of sp³-hybridized carbons (Fsp3) is 0. The van der Waals surface area contributed by atoms with Crippen LogP contribution in [0.5, 0.6) is 0 Å². The van der Waals surface area contributed by atoms with Gasteiger partial charge >= 0.3 is 11.7 Å². The van der Waals surface area contributed by atoms with E-state index in [1.54, 1.807) is 24.3 Å². The van der Waals surface area contributed by atoms with E-state index in [0.29, 0.717) is 5.69 Å². The van der Waals surface area contributed by atoms with Crippen LogP contribution in [0.15, 0.2) is 46.9 Å². The third-order valence-corrected chi connectivity index (χ3v) is 3.10. The molecule has 0 saturated heterocycles. The molecule has 0 saturated carbocycles. The molecule has 2 N–H and O–H groups in total. The van der Waals surface area contributed by atoms with Crippen LogP contribution >= 0.6 is 15.9 Å². The van der Waals surface area contributed by atoms with Crippen LogP contribution in [-0.4, -0.2) is 16.0 Å². The number of halogens is 1. The van der Waals surface area contributed by atoms with Crippen LogP contribution in [0.25, 0.3) is 0 Å². The van der Waals surface area contributed by atoms with Crippen molar-refractivity contribution in [1.82, 2.24) is 0 Å². The molecule has 0 aliphatic rings. The van der Waals surface area contributed by atoms with Crippen LogP contribution in [0, 0.1) is 10.1 Å². The normalized spacial score (nSPS) is 10.1. The summed E-state index contributed by atoms with van der Waals surface area (Å²) in [5.74, 6) is -1.34. The van der Waals surface area contributed by atoms with Crippen molar-refractivity contribution in [3.05, 3.63) is 62.6 Å². The summed E-state index contributed by atoms with van der Waals surface area (Å²) in [6, 6.07) is 11.1. The topological polar surface area (TPSA) is 92.5 Å². The lowest BCUT2D eigenvalue weighted by molar-refractivity contribution is -0.384. The standard InChI is InChI=1S/C13H9BrN2O4/c14-8-4-6-9(7-5-8)15-11-3-1-2-10(13(17)18)12(11)16(19)20/h1-7,15H,(H,17,18). The van der Waals surface area contributed by atoms with Gasteiger partial charge in [0.1, 0.15) is 11.3 Å². The maximum Gasteiger partial charge on any atom is 0.342 e. The van der Waals surface area contributed by atoms with Crippen LogP contribution in [0.3, 0.4) is 0 Å². The van der Waals surface area contributed by atoms with Crippen molar-refractivity contribution in [2.24, 2.45) is 0 Å². The number of nitrogens with one attached hydrogen (secondary N) is 1. The first-order valence-corrected chi connectivity index (χ1v) is 6.31. The Hall–Kier alpha value is -2.41. The highest BCUT2D eigenvalue weighted by Crippen LogP contribution is 2.31. The average molecular weight is 337 g/mol. The summed E-state index contributed by atoms with van der Waals surface area (Å²) in [5.41, 5.74) is -0.0453. The summed E-state index contributed by atoms with van der Waals surface area (Å²) in [4.78, 5) is 21.4. The fourth-order valence-electron chi connectivity index (χ4n) is 1.70. The zero-order valence-corrected chi connectivity index (χ0v) is 11.6. The average Bonchev–Trinajstić information content (AvgIpc) is 2.40. The summed E-state index contributed by atoms with van der Waals surface area (Å²) in [6.45, 7) is 0. The third-order valence-electron chi connectivity index (χ3n) is 2.57. The molecule has 0 amide bonds. The molecule has 0 unspecified atom stereocenters. The Morgan fingerprint density at radius 2 is 1.85 bits per heavy atom. The Morgan fingerprint density at radius 1 is 1.20 bits per heavy atom. The molecular weight excluding hydrogens is 328 g/mol. The number of hydrogen-bond donors (Lipinski definition) is 2. The van der Waals surface area contributed by atoms with E-state index in [1.165, 1.54) is 18.2 Å². The molecule has 20 heavy (non-hydrogen) atoms. The van der Waals surface area contributed by atoms with Crippen molar-refractivity contribution >= 4 is 39.0 Å². The molecule has 7 heteroatoms. The van der Waals surface area contributed by atoms with Gasteiger partial charge in [0, 0.05) is 10.2 Å². The first-order chi connectivity index (χ1) is 9.49. The molecule has 0 radical (unpaired) electrons. The first kappa shape index (κ1) is 14.0. The number of para-hydroxylation sites is 1. The number of rotatable bonds is 4. The van der Waals surface area contributed by atoms with E-state index >= 15 is 0 Å². The molecule has 6 nitrogen and oxygen atoms in total. The number of benzene rings is 2. The third kappa shape index (κ3) is 2.94. The van der Waals surface area contributed by atoms with E-state index in [2.05, 4.69) is 21.2 Å². The van der Waals surface area contributed by atoms with Gasteiger partial charge in [-0.05, 0) is 36.4 Å². The highest BCUT2D eigenvalue weighted by Gasteiger charge is 2.24. The van der Waals surface area contributed by atoms with Crippen molar-refractivity contribution in [2.45, 2.75) is 0 Å². The van der Waals surface area contributed by atoms with E-state index in [4.69, 9.17) is 5.11 Å². The number of carbonyl (C=O) groups is 1. The number of anilines is 2. The van der Waals surface area contributed by atoms with Crippen LogP contribution < -0.4 is 5.32 Å². The van der Waals surface area contributed by atoms with Crippen molar-refractivity contribution in [2.75, 3.05) is 5.32 Å². The van der Waals surface area contributed by atoms with Gasteiger partial charge in [0.25, 0.3) is 0 Å². The Kier molecular flexibility index (Phi) is 3.99. The van der Waals surface area contributed by atoms with Crippen molar-refractivity contribution in [3.8, 4) is 0 Å². The number of hydrogen-bond acceptors (Lipinski definition) is 4. The predicted octanol–water partition coefficient (Wildman–Crippen LogP) is 3.80. The molecule has 0 atom stereocenters. The van der Waals surface area contributed by atoms with E-state index in [9.17, 15) is 14.9 Å². The number of nitrogens with zero attached hydrogens (tertiary/aromatic N) is 1. The minimum atomic E-state index is -1.34. The molecule has 0 bridgehead atoms. The second-order valence-electron chi connectivity index (χ2n) is 3.90. The van der Waals surface area contributed by atoms with Gasteiger partial charge in [0.05, 0.1) is 4.92 Å². The largest absolute Gasteiger partial charge is 0.477 e. The summed E-state index contributed by atoms with van der Waals surface area (Å²) in [6.07, 6.45) is 0. The highest BCUT2D eigenvalue weighted by atomic mass is 79.9. The zero-order chi connectivity index (χ0) is 14.7. The Bertz CT molecular complexity index is 671. The maximum atomic E-state index is 11.1. The van der Waals surface area contributed by atoms with Gasteiger partial charge in [-0.2, -0.15) is 0 Å². The second kappa shape index (κ2) is 5.70. The monoisotopic (exact) mass is 336 g/mol. The van der Waals surface area contributed by atoms with Gasteiger partial charge in [-0.25, -0.2) is 4.79 Å². The van der Waals surface area contributed by atoms with Crippen LogP contribution in [0.4, 0.5) is 17.1 Å². The predicted molar refractivity (Wildman–Crippen MR) is 77.5 cm³/mol. The van der Waals surface area contributed by atoms with E-state index in [-0.39, 0.29) is 11.3 Å². The zero-order valence-electron chi connectivity index (χ0n) is 10.0. The van der Waals surface area contributed by atoms with Crippen molar-refractivity contribution < 1.29 is 14.8 Å². The first-order valence-electron chi connectivity index (χ1n) is 5.52. The Morgan fingerprint density at radius 3 is 2.40 bits per heavy atom. The van der Waals surface area contributed by atoms with Crippen LogP contribution in [0.2, 0.25) is 0 Å². The molecule has 0 aliphatic heterocycles. The minimum absolute atomic E-state index is 0.136. The van der Waals surface area contributed by atoms with E-state index in [0.717, 1.165) is 4.47 Å². The number of nitro benzene ring substituents is 1. The summed E-state index contributed by atoms with van der Waals surface area (Å²) < 4.78 is 0.872. The van der Waals surface area contributed by atoms with Gasteiger partial charge in [-0.15, -0.1) is 0 Å². The molecule has 0 aromatic heterocycles. The Labute approximate surface area is 122 Å². The van der Waals surface area contributed by atoms with Gasteiger partial charge in [0.15, 0.2) is 0 Å². The van der Waals surface area contributed by atoms with Gasteiger partial charge in [-0.1, -0.05) is 22.0 Å². The molecule has 2 aromatic rings. The lowest BCUT2D eigenvalue weighted by Gasteiger charge is -2.08. The molecule has 0 fully saturated rings. The lowest BCUT2D eigenvalue weighted by Crippen LogP contribution is -2.05. The van der Waals surface area contributed by atoms with Gasteiger partial charge in [-0.3, -0.25) is 10.1 Å². The maximum absolute atomic E-state index is 11.1. The summed E-state index contributed by atoms with van der Waals surface area (Å²) in [5, 5.41) is 22.9. The number of nitro groups is 1. The molecular formula is C13H9BrN2O4. The molecule has 2 aromatic carbocycles. The van der Waals surface area contributed by atoms with Crippen molar-refractivity contribution in [1.29, 1.82) is 0 Å². The lowest BCUT2D eigenvalue weighted by atomic mass is 10.1. The number of carboxylic acid groups (broad SMARTS) is 1. The molecule has 0 spiro atoms. The van der Waals surface area contributed by atoms with Crippen LogP contribution in [-0.2, 0) is 0 Å². The van der Waals surface area contributed by atoms with E-state index in [1.807, 2.05) is 0 Å². The van der Waals surface area contributed by atoms with Crippen LogP contribution in [0.1, 0.15) is 10.4 Å². The smallest absolute Gasteiger partial charge is 0.342 e. The number of carboxylic acids is 1. The second-order valence-corrected chi connectivity index (χ2v) is 4.81. The number of aromatic carboxylic acids is 1. The minimum Gasteiger partial charge on any atom is -0.477 e. The van der Waals surface area contributed by atoms with Gasteiger partial charge < -0.3 is 10.4 Å². The summed E-state index contributed by atoms with van der Waals surface area (Å²) in [7, 11) is 0. The van der Waals surface area contributed by atoms with Crippen molar-refractivity contribution in [3.63, 3.8) is 0 Å². The SMILES string of the molecule is O=C(O)c1cccc(Nc2ccc(Br)cc2)c1[N+](=O)[O-]. The Balaban J connectivity index is 2.46. The van der Waals surface area contributed by atoms with Gasteiger partial charge in [0.2, 0.25) is 0 Å². The molecule has 0 heterocycles. The molecule has 102 valence electrons. The van der Waals surface area contributed by atoms with E-state index < -0.39 is 16.6 Å². The summed E-state index contributed by atoms with van der Waals surface area (Å²) >= 11 is 3.29.